The quantitative estimate of drug-likeness (QED) is 0.0967. The molecule has 0 radical (unpaired) electrons. The fourth-order valence-electron chi connectivity index (χ4n) is 13.0. The van der Waals surface area contributed by atoms with Crippen LogP contribution in [0.3, 0.4) is 0 Å². The molecule has 18 heteroatoms. The van der Waals surface area contributed by atoms with E-state index in [0.29, 0.717) is 56.8 Å². The number of hydrogen-bond donors (Lipinski definition) is 0. The van der Waals surface area contributed by atoms with Crippen LogP contribution in [0.2, 0.25) is 10.0 Å². The molecule has 394 valence electrons. The van der Waals surface area contributed by atoms with Gasteiger partial charge in [-0.25, -0.2) is 0 Å². The highest BCUT2D eigenvalue weighted by Crippen LogP contribution is 2.43. The van der Waals surface area contributed by atoms with E-state index in [0.717, 1.165) is 156 Å². The van der Waals surface area contributed by atoms with Gasteiger partial charge in [0.15, 0.2) is 12.4 Å². The highest BCUT2D eigenvalue weighted by Gasteiger charge is 2.36. The van der Waals surface area contributed by atoms with E-state index in [2.05, 4.69) is 125 Å². The summed E-state index contributed by atoms with van der Waals surface area (Å²) < 4.78 is 13.2. The van der Waals surface area contributed by atoms with E-state index in [9.17, 15) is 10.5 Å². The number of anilines is 4. The lowest BCUT2D eigenvalue weighted by Crippen LogP contribution is -2.48. The third-order valence-electron chi connectivity index (χ3n) is 17.3. The molecule has 6 aliphatic rings. The third-order valence-corrected chi connectivity index (χ3v) is 18.0. The first-order valence-electron chi connectivity index (χ1n) is 27.1. The molecule has 8 heterocycles. The lowest BCUT2D eigenvalue weighted by molar-refractivity contribution is 0.175. The Labute approximate surface area is 455 Å². The van der Waals surface area contributed by atoms with Gasteiger partial charge in [-0.05, 0) is 106 Å². The first-order valence-corrected chi connectivity index (χ1v) is 27.8. The van der Waals surface area contributed by atoms with Gasteiger partial charge in [0.25, 0.3) is 0 Å². The van der Waals surface area contributed by atoms with Crippen LogP contribution < -0.4 is 29.1 Å². The molecule has 0 aliphatic carbocycles. The molecule has 6 aromatic rings. The van der Waals surface area contributed by atoms with Crippen molar-refractivity contribution in [1.82, 2.24) is 39.5 Å². The fourth-order valence-corrected chi connectivity index (χ4v) is 13.6. The SMILES string of the molecule is CN(CC1CN(C#N)C1)c1nc(OC[C@@H]2CCCN2C)nc2c1CCN(c1cccc3c(C4C[C@@H](COc5nc6c(c(N(C)C7CCN(C#N)C7)n5)CCN(c5cccc7cccc(Cl)c57)C6)N(C)C4)ccc(Cl)c13)C2. The second-order valence-corrected chi connectivity index (χ2v) is 22.9. The standard InChI is InChI=1S/C58H66Cl2N14O2/c1-67-21-8-11-41(67)33-75-57-63-49-31-74(23-19-45(49)55(65-57)69(3)26-37-27-72(28-37)36-62)52-15-7-12-44-43(16-17-48(60)54(44)52)39-25-42(68(2)29-39)34-76-58-64-50-32-73(51-14-6-10-38-9-5-13-47(59)53(38)51)24-20-46(50)56(66-58)70(4)40-18-22-71(30-40)35-61/h5-7,9-10,12-17,37,39-42H,8,11,18-34H2,1-4H3/t39?,40?,41-,42-/m0/s1. The number of nitrogens with zero attached hydrogens (tertiary/aromatic N) is 14. The molecule has 4 atom stereocenters. The number of ether oxygens (including phenoxy) is 2. The summed E-state index contributed by atoms with van der Waals surface area (Å²) in [5.41, 5.74) is 7.70. The van der Waals surface area contributed by atoms with Crippen molar-refractivity contribution in [2.75, 3.05) is 120 Å². The zero-order valence-corrected chi connectivity index (χ0v) is 45.5. The summed E-state index contributed by atoms with van der Waals surface area (Å²) in [6.45, 7) is 9.48. The maximum absolute atomic E-state index is 9.73. The number of fused-ring (bicyclic) bond motifs is 4. The van der Waals surface area contributed by atoms with Crippen LogP contribution in [0.1, 0.15) is 59.7 Å². The Kier molecular flexibility index (Phi) is 14.0. The first kappa shape index (κ1) is 50.3. The Hall–Kier alpha value is -6.56. The van der Waals surface area contributed by atoms with Gasteiger partial charge in [-0.1, -0.05) is 65.7 Å². The van der Waals surface area contributed by atoms with Crippen LogP contribution >= 0.6 is 23.2 Å². The van der Waals surface area contributed by atoms with Crippen molar-refractivity contribution in [2.45, 2.75) is 75.7 Å². The van der Waals surface area contributed by atoms with Crippen molar-refractivity contribution < 1.29 is 9.47 Å². The largest absolute Gasteiger partial charge is 0.462 e. The summed E-state index contributed by atoms with van der Waals surface area (Å²) in [7, 11) is 8.57. The van der Waals surface area contributed by atoms with E-state index in [1.165, 1.54) is 17.4 Å². The Morgan fingerprint density at radius 2 is 1.30 bits per heavy atom. The van der Waals surface area contributed by atoms with E-state index < -0.39 is 0 Å². The smallest absolute Gasteiger partial charge is 0.318 e. The molecular weight excluding hydrogens is 996 g/mol. The minimum Gasteiger partial charge on any atom is -0.462 e. The Balaban J connectivity index is 0.786. The molecule has 4 fully saturated rings. The van der Waals surface area contributed by atoms with Crippen molar-refractivity contribution in [3.8, 4) is 24.4 Å². The van der Waals surface area contributed by atoms with Crippen LogP contribution in [0, 0.1) is 28.8 Å². The second-order valence-electron chi connectivity index (χ2n) is 22.1. The van der Waals surface area contributed by atoms with Crippen molar-refractivity contribution in [1.29, 1.82) is 10.5 Å². The molecular formula is C58H66Cl2N14O2. The molecule has 0 saturated carbocycles. The average Bonchev–Trinajstić information content (AvgIpc) is 4.22. The van der Waals surface area contributed by atoms with Gasteiger partial charge in [-0.15, -0.1) is 0 Å². The Morgan fingerprint density at radius 3 is 1.99 bits per heavy atom. The number of benzene rings is 4. The monoisotopic (exact) mass is 1060 g/mol. The molecule has 0 N–H and O–H groups in total. The molecule has 12 rings (SSSR count). The van der Waals surface area contributed by atoms with Gasteiger partial charge in [-0.3, -0.25) is 4.90 Å². The number of likely N-dealkylation sites (tertiary alicyclic amines) is 4. The molecule has 0 amide bonds. The zero-order chi connectivity index (χ0) is 52.2. The summed E-state index contributed by atoms with van der Waals surface area (Å²) in [6, 6.07) is 24.8. The van der Waals surface area contributed by atoms with Gasteiger partial charge in [-0.2, -0.15) is 30.5 Å². The molecule has 0 bridgehead atoms. The molecule has 2 aromatic heterocycles. The predicted octanol–water partition coefficient (Wildman–Crippen LogP) is 8.19. The van der Waals surface area contributed by atoms with E-state index in [4.69, 9.17) is 52.6 Å². The minimum atomic E-state index is 0.124. The van der Waals surface area contributed by atoms with Crippen molar-refractivity contribution in [3.05, 3.63) is 105 Å². The van der Waals surface area contributed by atoms with Crippen LogP contribution in [-0.2, 0) is 25.9 Å². The maximum atomic E-state index is 9.73. The maximum Gasteiger partial charge on any atom is 0.318 e. The van der Waals surface area contributed by atoms with Crippen molar-refractivity contribution in [2.24, 2.45) is 5.92 Å². The number of hydrogen-bond acceptors (Lipinski definition) is 16. The fraction of sp³-hybridized carbons (Fsp3) is 0.483. The number of aromatic nitrogens is 4. The number of nitriles is 2. The molecule has 16 nitrogen and oxygen atoms in total. The van der Waals surface area contributed by atoms with Crippen molar-refractivity contribution in [3.63, 3.8) is 0 Å². The minimum absolute atomic E-state index is 0.124. The van der Waals surface area contributed by atoms with E-state index >= 15 is 0 Å². The number of halogens is 2. The summed E-state index contributed by atoms with van der Waals surface area (Å²) in [4.78, 5) is 38.3. The summed E-state index contributed by atoms with van der Waals surface area (Å²) in [5, 5.41) is 25.0. The predicted molar refractivity (Wildman–Crippen MR) is 300 cm³/mol. The van der Waals surface area contributed by atoms with E-state index in [-0.39, 0.29) is 18.0 Å². The molecule has 4 aromatic carbocycles. The molecule has 4 saturated heterocycles. The lowest BCUT2D eigenvalue weighted by Gasteiger charge is -2.38. The van der Waals surface area contributed by atoms with Crippen LogP contribution in [0.25, 0.3) is 21.5 Å². The lowest BCUT2D eigenvalue weighted by atomic mass is 9.90. The Morgan fingerprint density at radius 1 is 0.658 bits per heavy atom. The highest BCUT2D eigenvalue weighted by atomic mass is 35.5. The molecule has 2 unspecified atom stereocenters. The van der Waals surface area contributed by atoms with Crippen molar-refractivity contribution >= 4 is 67.8 Å². The molecule has 0 spiro atoms. The third kappa shape index (κ3) is 9.67. The normalized spacial score (nSPS) is 21.9. The highest BCUT2D eigenvalue weighted by molar-refractivity contribution is 6.37. The molecule has 6 aliphatic heterocycles. The van der Waals surface area contributed by atoms with Gasteiger partial charge in [0.05, 0.1) is 40.6 Å². The summed E-state index contributed by atoms with van der Waals surface area (Å²) >= 11 is 14.1. The number of rotatable bonds is 14. The van der Waals surface area contributed by atoms with Gasteiger partial charge in [0, 0.05) is 118 Å². The summed E-state index contributed by atoms with van der Waals surface area (Å²) in [5.74, 6) is 2.46. The van der Waals surface area contributed by atoms with E-state index in [1.807, 2.05) is 17.0 Å². The van der Waals surface area contributed by atoms with Gasteiger partial charge in [0.1, 0.15) is 24.8 Å². The Bertz CT molecular complexity index is 3250. The van der Waals surface area contributed by atoms with Gasteiger partial charge < -0.3 is 43.8 Å². The van der Waals surface area contributed by atoms with Crippen LogP contribution in [0.4, 0.5) is 23.0 Å². The topological polar surface area (TPSA) is 144 Å². The zero-order valence-electron chi connectivity index (χ0n) is 44.0. The van der Waals surface area contributed by atoms with Crippen LogP contribution in [-0.4, -0.2) is 158 Å². The van der Waals surface area contributed by atoms with E-state index in [1.54, 1.807) is 4.90 Å². The molecule has 76 heavy (non-hydrogen) atoms. The van der Waals surface area contributed by atoms with Gasteiger partial charge >= 0.3 is 12.0 Å². The van der Waals surface area contributed by atoms with Gasteiger partial charge in [0.2, 0.25) is 0 Å². The summed E-state index contributed by atoms with van der Waals surface area (Å²) in [6.07, 6.45) is 10.2. The van der Waals surface area contributed by atoms with Crippen LogP contribution in [0.15, 0.2) is 66.7 Å². The first-order chi connectivity index (χ1) is 37.0. The van der Waals surface area contributed by atoms with Crippen LogP contribution in [0.5, 0.6) is 12.0 Å². The number of likely N-dealkylation sites (N-methyl/N-ethyl adjacent to an activating group) is 3. The second kappa shape index (κ2) is 21.1. The average molecular weight is 1060 g/mol.